The molecule has 0 heterocycles. The van der Waals surface area contributed by atoms with Crippen LogP contribution >= 0.6 is 0 Å². The third-order valence-corrected chi connectivity index (χ3v) is 4.05. The van der Waals surface area contributed by atoms with Crippen LogP contribution < -0.4 is 0 Å². The zero-order valence-electron chi connectivity index (χ0n) is 11.6. The molecule has 0 aromatic heterocycles. The fourth-order valence-corrected chi connectivity index (χ4v) is 2.91. The van der Waals surface area contributed by atoms with Gasteiger partial charge in [-0.05, 0) is 38.0 Å². The van der Waals surface area contributed by atoms with Gasteiger partial charge in [-0.15, -0.1) is 6.58 Å². The third-order valence-electron chi connectivity index (χ3n) is 4.05. The lowest BCUT2D eigenvalue weighted by Gasteiger charge is -2.44. The highest BCUT2D eigenvalue weighted by molar-refractivity contribution is 5.73. The van der Waals surface area contributed by atoms with Crippen LogP contribution in [0.2, 0.25) is 0 Å². The quantitative estimate of drug-likeness (QED) is 0.618. The summed E-state index contributed by atoms with van der Waals surface area (Å²) in [7, 11) is 0. The Balaban J connectivity index is 2.93. The number of hydrogen-bond acceptors (Lipinski definition) is 3. The minimum Gasteiger partial charge on any atom is -0.466 e. The van der Waals surface area contributed by atoms with E-state index in [2.05, 4.69) is 20.1 Å². The van der Waals surface area contributed by atoms with Gasteiger partial charge in [-0.25, -0.2) is 0 Å². The lowest BCUT2D eigenvalue weighted by atomic mass is 9.61. The van der Waals surface area contributed by atoms with E-state index in [1.807, 2.05) is 13.0 Å². The molecule has 0 aliphatic heterocycles. The summed E-state index contributed by atoms with van der Waals surface area (Å²) in [6.45, 7) is 14.0. The number of rotatable bonds is 4. The molecule has 0 unspecified atom stereocenters. The molecule has 0 aromatic rings. The minimum absolute atomic E-state index is 0.160. The Bertz CT molecular complexity index is 348. The number of aliphatic hydroxyl groups excluding tert-OH is 1. The molecule has 3 heteroatoms. The van der Waals surface area contributed by atoms with Crippen molar-refractivity contribution in [3.05, 3.63) is 24.8 Å². The van der Waals surface area contributed by atoms with Crippen LogP contribution in [0.1, 0.15) is 33.6 Å². The Hall–Kier alpha value is -1.09. The van der Waals surface area contributed by atoms with Gasteiger partial charge in [0.1, 0.15) is 0 Å². The molecule has 0 amide bonds. The Labute approximate surface area is 110 Å². The molecule has 0 saturated heterocycles. The van der Waals surface area contributed by atoms with E-state index < -0.39 is 12.0 Å². The van der Waals surface area contributed by atoms with Crippen molar-refractivity contribution in [3.63, 3.8) is 0 Å². The first kappa shape index (κ1) is 15.0. The molecule has 0 radical (unpaired) electrons. The third kappa shape index (κ3) is 2.83. The predicted molar refractivity (Wildman–Crippen MR) is 72.0 cm³/mol. The lowest BCUT2D eigenvalue weighted by Crippen LogP contribution is -2.44. The molecule has 1 aliphatic carbocycles. The number of hydrogen-bond donors (Lipinski definition) is 1. The van der Waals surface area contributed by atoms with Crippen LogP contribution in [-0.2, 0) is 9.53 Å². The number of esters is 1. The minimum atomic E-state index is -0.664. The van der Waals surface area contributed by atoms with E-state index in [-0.39, 0.29) is 17.3 Å². The van der Waals surface area contributed by atoms with Gasteiger partial charge in [0.15, 0.2) is 0 Å². The summed E-state index contributed by atoms with van der Waals surface area (Å²) >= 11 is 0. The maximum absolute atomic E-state index is 11.8. The van der Waals surface area contributed by atoms with E-state index in [0.29, 0.717) is 19.4 Å². The molecular formula is C15H24O3. The molecule has 0 aromatic carbocycles. The summed E-state index contributed by atoms with van der Waals surface area (Å²) in [6, 6.07) is 0. The van der Waals surface area contributed by atoms with E-state index in [1.54, 1.807) is 6.92 Å². The second kappa shape index (κ2) is 5.70. The van der Waals surface area contributed by atoms with Gasteiger partial charge in [0, 0.05) is 0 Å². The van der Waals surface area contributed by atoms with Crippen LogP contribution in [0.15, 0.2) is 24.8 Å². The molecule has 4 atom stereocenters. The van der Waals surface area contributed by atoms with Gasteiger partial charge in [-0.2, -0.15) is 0 Å². The standard InChI is InChI=1S/C15H24O3/c1-6-15(5)9-13(16)11(14(17)18-7-2)8-12(15)10(3)4/h6,11-13,16H,1,3,7-9H2,2,4-5H3/t11-,12-,13+,15+/m1/s1. The fraction of sp³-hybridized carbons (Fsp3) is 0.667. The van der Waals surface area contributed by atoms with E-state index in [9.17, 15) is 9.90 Å². The van der Waals surface area contributed by atoms with Crippen LogP contribution in [-0.4, -0.2) is 23.8 Å². The van der Waals surface area contributed by atoms with Crippen LogP contribution in [0, 0.1) is 17.3 Å². The highest BCUT2D eigenvalue weighted by Crippen LogP contribution is 2.47. The molecule has 1 rings (SSSR count). The molecule has 1 saturated carbocycles. The number of allylic oxidation sites excluding steroid dienone is 2. The van der Waals surface area contributed by atoms with Gasteiger partial charge < -0.3 is 9.84 Å². The molecule has 0 bridgehead atoms. The van der Waals surface area contributed by atoms with E-state index in [1.165, 1.54) is 0 Å². The van der Waals surface area contributed by atoms with Gasteiger partial charge >= 0.3 is 5.97 Å². The zero-order chi connectivity index (χ0) is 13.9. The van der Waals surface area contributed by atoms with Crippen molar-refractivity contribution < 1.29 is 14.6 Å². The summed E-state index contributed by atoms with van der Waals surface area (Å²) in [5.74, 6) is -0.588. The zero-order valence-corrected chi connectivity index (χ0v) is 11.6. The van der Waals surface area contributed by atoms with Crippen LogP contribution in [0.3, 0.4) is 0 Å². The van der Waals surface area contributed by atoms with Crippen molar-refractivity contribution in [1.29, 1.82) is 0 Å². The molecule has 18 heavy (non-hydrogen) atoms. The van der Waals surface area contributed by atoms with E-state index in [4.69, 9.17) is 4.74 Å². The summed E-state index contributed by atoms with van der Waals surface area (Å²) in [5, 5.41) is 10.2. The van der Waals surface area contributed by atoms with Crippen molar-refractivity contribution >= 4 is 5.97 Å². The Morgan fingerprint density at radius 2 is 2.22 bits per heavy atom. The average molecular weight is 252 g/mol. The van der Waals surface area contributed by atoms with Gasteiger partial charge in [0.2, 0.25) is 0 Å². The molecule has 3 nitrogen and oxygen atoms in total. The maximum Gasteiger partial charge on any atom is 0.311 e. The second-order valence-corrected chi connectivity index (χ2v) is 5.47. The van der Waals surface area contributed by atoms with E-state index in [0.717, 1.165) is 5.57 Å². The summed E-state index contributed by atoms with van der Waals surface area (Å²) < 4.78 is 5.03. The van der Waals surface area contributed by atoms with Crippen LogP contribution in [0.25, 0.3) is 0 Å². The molecule has 1 N–H and O–H groups in total. The molecular weight excluding hydrogens is 228 g/mol. The van der Waals surface area contributed by atoms with Crippen molar-refractivity contribution in [2.45, 2.75) is 39.7 Å². The maximum atomic E-state index is 11.8. The van der Waals surface area contributed by atoms with Gasteiger partial charge in [-0.3, -0.25) is 4.79 Å². The van der Waals surface area contributed by atoms with Crippen molar-refractivity contribution in [1.82, 2.24) is 0 Å². The van der Waals surface area contributed by atoms with Crippen molar-refractivity contribution in [3.8, 4) is 0 Å². The highest BCUT2D eigenvalue weighted by atomic mass is 16.5. The predicted octanol–water partition coefficient (Wildman–Crippen LogP) is 2.71. The Morgan fingerprint density at radius 3 is 2.67 bits per heavy atom. The van der Waals surface area contributed by atoms with E-state index >= 15 is 0 Å². The van der Waals surface area contributed by atoms with Crippen molar-refractivity contribution in [2.24, 2.45) is 17.3 Å². The largest absolute Gasteiger partial charge is 0.466 e. The topological polar surface area (TPSA) is 46.5 Å². The Kier molecular flexibility index (Phi) is 4.74. The number of carbonyl (C=O) groups excluding carboxylic acids is 1. The number of ether oxygens (including phenoxy) is 1. The normalized spacial score (nSPS) is 35.9. The first-order valence-electron chi connectivity index (χ1n) is 6.49. The molecule has 1 aliphatic rings. The van der Waals surface area contributed by atoms with Crippen molar-refractivity contribution in [2.75, 3.05) is 6.61 Å². The monoisotopic (exact) mass is 252 g/mol. The highest BCUT2D eigenvalue weighted by Gasteiger charge is 2.45. The smallest absolute Gasteiger partial charge is 0.311 e. The molecule has 0 spiro atoms. The number of aliphatic hydroxyl groups is 1. The molecule has 1 fully saturated rings. The first-order valence-corrected chi connectivity index (χ1v) is 6.49. The van der Waals surface area contributed by atoms with Crippen LogP contribution in [0.4, 0.5) is 0 Å². The SMILES string of the molecule is C=C[C@@]1(C)C[C@H](O)[C@H](C(=O)OCC)C[C@@H]1C(=C)C. The van der Waals surface area contributed by atoms with Gasteiger partial charge in [0.05, 0.1) is 18.6 Å². The summed E-state index contributed by atoms with van der Waals surface area (Å²) in [4.78, 5) is 11.8. The fourth-order valence-electron chi connectivity index (χ4n) is 2.91. The summed E-state index contributed by atoms with van der Waals surface area (Å²) in [5.41, 5.74) is 0.826. The van der Waals surface area contributed by atoms with Gasteiger partial charge in [-0.1, -0.05) is 25.2 Å². The summed E-state index contributed by atoms with van der Waals surface area (Å²) in [6.07, 6.45) is 2.31. The molecule has 102 valence electrons. The number of carbonyl (C=O) groups is 1. The lowest BCUT2D eigenvalue weighted by molar-refractivity contribution is -0.156. The van der Waals surface area contributed by atoms with Crippen LogP contribution in [0.5, 0.6) is 0 Å². The van der Waals surface area contributed by atoms with Gasteiger partial charge in [0.25, 0.3) is 0 Å². The first-order chi connectivity index (χ1) is 8.35. The average Bonchev–Trinajstić information content (AvgIpc) is 2.28. The second-order valence-electron chi connectivity index (χ2n) is 5.47. The Morgan fingerprint density at radius 1 is 1.61 bits per heavy atom.